The van der Waals surface area contributed by atoms with Crippen molar-refractivity contribution in [2.45, 2.75) is 51.6 Å². The fraction of sp³-hybridized carbons (Fsp3) is 0.909. The molecule has 3 nitrogen and oxygen atoms in total. The number of hydrogen-bond acceptors (Lipinski definition) is 3. The van der Waals surface area contributed by atoms with Gasteiger partial charge in [-0.1, -0.05) is 19.8 Å². The van der Waals surface area contributed by atoms with Gasteiger partial charge in [0.05, 0.1) is 18.6 Å². The first kappa shape index (κ1) is 11.5. The molecule has 0 bridgehead atoms. The van der Waals surface area contributed by atoms with Gasteiger partial charge in [0.25, 0.3) is 0 Å². The topological polar surface area (TPSA) is 46.5 Å². The molecule has 1 aliphatic carbocycles. The Hall–Kier alpha value is -0.570. The number of carbonyl (C=O) groups excluding carboxylic acids is 1. The molecule has 1 rings (SSSR count). The summed E-state index contributed by atoms with van der Waals surface area (Å²) in [5.74, 6) is -0.226. The molecule has 14 heavy (non-hydrogen) atoms. The van der Waals surface area contributed by atoms with Crippen LogP contribution in [0.2, 0.25) is 0 Å². The van der Waals surface area contributed by atoms with Gasteiger partial charge in [-0.15, -0.1) is 0 Å². The van der Waals surface area contributed by atoms with E-state index in [4.69, 9.17) is 4.74 Å². The van der Waals surface area contributed by atoms with E-state index in [0.29, 0.717) is 0 Å². The van der Waals surface area contributed by atoms with E-state index in [9.17, 15) is 9.90 Å². The number of aliphatic hydroxyl groups is 1. The number of ether oxygens (including phenoxy) is 1. The molecule has 0 aromatic carbocycles. The number of aliphatic hydroxyl groups excluding tert-OH is 1. The molecule has 3 heteroatoms. The summed E-state index contributed by atoms with van der Waals surface area (Å²) in [5.41, 5.74) is -0.592. The molecule has 0 spiro atoms. The van der Waals surface area contributed by atoms with Crippen LogP contribution in [0.25, 0.3) is 0 Å². The van der Waals surface area contributed by atoms with E-state index in [-0.39, 0.29) is 5.97 Å². The van der Waals surface area contributed by atoms with Crippen molar-refractivity contribution in [3.8, 4) is 0 Å². The van der Waals surface area contributed by atoms with Crippen LogP contribution in [0.1, 0.15) is 45.4 Å². The molecule has 1 aliphatic rings. The molecular weight excluding hydrogens is 180 g/mol. The minimum absolute atomic E-state index is 0.226. The van der Waals surface area contributed by atoms with Crippen LogP contribution in [0.15, 0.2) is 0 Å². The zero-order valence-electron chi connectivity index (χ0n) is 9.08. The second-order valence-electron chi connectivity index (χ2n) is 4.16. The molecular formula is C11H20O3. The molecule has 0 aromatic rings. The van der Waals surface area contributed by atoms with E-state index in [2.05, 4.69) is 6.92 Å². The lowest BCUT2D eigenvalue weighted by Gasteiger charge is -2.29. The highest BCUT2D eigenvalue weighted by Gasteiger charge is 2.48. The van der Waals surface area contributed by atoms with Crippen LogP contribution in [0.5, 0.6) is 0 Å². The SMILES string of the molecule is CCCC[C@@]1(C(=O)OC)CCC[C@@H]1O. The van der Waals surface area contributed by atoms with Gasteiger partial charge in [-0.3, -0.25) is 4.79 Å². The molecule has 0 amide bonds. The summed E-state index contributed by atoms with van der Waals surface area (Å²) in [6.45, 7) is 2.09. The summed E-state index contributed by atoms with van der Waals surface area (Å²) in [6.07, 6.45) is 4.73. The molecule has 0 heterocycles. The molecule has 82 valence electrons. The van der Waals surface area contributed by atoms with Gasteiger partial charge in [-0.25, -0.2) is 0 Å². The Balaban J connectivity index is 2.73. The summed E-state index contributed by atoms with van der Waals surface area (Å²) >= 11 is 0. The van der Waals surface area contributed by atoms with E-state index >= 15 is 0 Å². The van der Waals surface area contributed by atoms with E-state index in [1.165, 1.54) is 7.11 Å². The number of rotatable bonds is 4. The summed E-state index contributed by atoms with van der Waals surface area (Å²) in [4.78, 5) is 11.7. The Kier molecular flexibility index (Phi) is 3.93. The van der Waals surface area contributed by atoms with Gasteiger partial charge in [-0.2, -0.15) is 0 Å². The third-order valence-corrected chi connectivity index (χ3v) is 3.31. The van der Waals surface area contributed by atoms with Gasteiger partial charge in [0.15, 0.2) is 0 Å². The highest BCUT2D eigenvalue weighted by molar-refractivity contribution is 5.77. The van der Waals surface area contributed by atoms with Crippen LogP contribution in [0.4, 0.5) is 0 Å². The standard InChI is InChI=1S/C11H20O3/c1-3-4-7-11(10(13)14-2)8-5-6-9(11)12/h9,12H,3-8H2,1-2H3/t9-,11+/m0/s1. The molecule has 0 aromatic heterocycles. The van der Waals surface area contributed by atoms with Crippen molar-refractivity contribution >= 4 is 5.97 Å². The molecule has 2 atom stereocenters. The van der Waals surface area contributed by atoms with Crippen LogP contribution in [-0.4, -0.2) is 24.3 Å². The first-order valence-electron chi connectivity index (χ1n) is 5.44. The van der Waals surface area contributed by atoms with Gasteiger partial charge in [-0.05, 0) is 25.7 Å². The molecule has 0 saturated heterocycles. The summed E-state index contributed by atoms with van der Waals surface area (Å²) in [5, 5.41) is 9.87. The number of hydrogen-bond donors (Lipinski definition) is 1. The lowest BCUT2D eigenvalue weighted by molar-refractivity contribution is -0.159. The lowest BCUT2D eigenvalue weighted by atomic mass is 9.79. The molecule has 1 saturated carbocycles. The van der Waals surface area contributed by atoms with Crippen molar-refractivity contribution in [2.24, 2.45) is 5.41 Å². The Bertz CT molecular complexity index is 203. The second kappa shape index (κ2) is 4.78. The smallest absolute Gasteiger partial charge is 0.314 e. The number of esters is 1. The van der Waals surface area contributed by atoms with Gasteiger partial charge in [0.2, 0.25) is 0 Å². The summed E-state index contributed by atoms with van der Waals surface area (Å²) in [6, 6.07) is 0. The fourth-order valence-corrected chi connectivity index (χ4v) is 2.38. The van der Waals surface area contributed by atoms with Crippen LogP contribution >= 0.6 is 0 Å². The Morgan fingerprint density at radius 3 is 2.79 bits per heavy atom. The molecule has 0 radical (unpaired) electrons. The zero-order valence-corrected chi connectivity index (χ0v) is 9.08. The predicted octanol–water partition coefficient (Wildman–Crippen LogP) is 1.88. The highest BCUT2D eigenvalue weighted by atomic mass is 16.5. The molecule has 0 aliphatic heterocycles. The zero-order chi connectivity index (χ0) is 10.6. The fourth-order valence-electron chi connectivity index (χ4n) is 2.38. The average molecular weight is 200 g/mol. The van der Waals surface area contributed by atoms with Gasteiger partial charge < -0.3 is 9.84 Å². The third-order valence-electron chi connectivity index (χ3n) is 3.31. The van der Waals surface area contributed by atoms with Crippen molar-refractivity contribution in [1.29, 1.82) is 0 Å². The van der Waals surface area contributed by atoms with Crippen LogP contribution < -0.4 is 0 Å². The predicted molar refractivity (Wildman–Crippen MR) is 53.8 cm³/mol. The maximum atomic E-state index is 11.7. The van der Waals surface area contributed by atoms with Crippen molar-refractivity contribution in [2.75, 3.05) is 7.11 Å². The van der Waals surface area contributed by atoms with Crippen molar-refractivity contribution < 1.29 is 14.6 Å². The monoisotopic (exact) mass is 200 g/mol. The quantitative estimate of drug-likeness (QED) is 0.705. The van der Waals surface area contributed by atoms with Gasteiger partial charge in [0.1, 0.15) is 0 Å². The number of methoxy groups -OCH3 is 1. The van der Waals surface area contributed by atoms with E-state index in [1.54, 1.807) is 0 Å². The molecule has 0 unspecified atom stereocenters. The highest BCUT2D eigenvalue weighted by Crippen LogP contribution is 2.43. The first-order valence-corrected chi connectivity index (χ1v) is 5.44. The van der Waals surface area contributed by atoms with Crippen molar-refractivity contribution in [3.63, 3.8) is 0 Å². The van der Waals surface area contributed by atoms with E-state index < -0.39 is 11.5 Å². The van der Waals surface area contributed by atoms with Crippen molar-refractivity contribution in [3.05, 3.63) is 0 Å². The minimum Gasteiger partial charge on any atom is -0.469 e. The number of unbranched alkanes of at least 4 members (excludes halogenated alkanes) is 1. The summed E-state index contributed by atoms with van der Waals surface area (Å²) in [7, 11) is 1.40. The van der Waals surface area contributed by atoms with Crippen molar-refractivity contribution in [1.82, 2.24) is 0 Å². The maximum Gasteiger partial charge on any atom is 0.314 e. The van der Waals surface area contributed by atoms with Gasteiger partial charge >= 0.3 is 5.97 Å². The van der Waals surface area contributed by atoms with E-state index in [0.717, 1.165) is 38.5 Å². The Labute approximate surface area is 85.5 Å². The Morgan fingerprint density at radius 2 is 2.36 bits per heavy atom. The molecule has 1 N–H and O–H groups in total. The number of carbonyl (C=O) groups is 1. The van der Waals surface area contributed by atoms with E-state index in [1.807, 2.05) is 0 Å². The normalized spacial score (nSPS) is 31.8. The third kappa shape index (κ3) is 1.92. The van der Waals surface area contributed by atoms with Gasteiger partial charge in [0, 0.05) is 0 Å². The minimum atomic E-state index is -0.592. The van der Waals surface area contributed by atoms with Crippen LogP contribution in [0.3, 0.4) is 0 Å². The second-order valence-corrected chi connectivity index (χ2v) is 4.16. The summed E-state index contributed by atoms with van der Waals surface area (Å²) < 4.78 is 4.81. The lowest BCUT2D eigenvalue weighted by Crippen LogP contribution is -2.39. The van der Waals surface area contributed by atoms with Crippen LogP contribution in [-0.2, 0) is 9.53 Å². The molecule has 1 fully saturated rings. The average Bonchev–Trinajstić information content (AvgIpc) is 2.57. The Morgan fingerprint density at radius 1 is 1.64 bits per heavy atom. The first-order chi connectivity index (χ1) is 6.67. The van der Waals surface area contributed by atoms with Crippen LogP contribution in [0, 0.1) is 5.41 Å². The maximum absolute atomic E-state index is 11.7. The largest absolute Gasteiger partial charge is 0.469 e.